The lowest BCUT2D eigenvalue weighted by Crippen LogP contribution is -2.77. The van der Waals surface area contributed by atoms with Gasteiger partial charge in [0, 0.05) is 24.2 Å². The summed E-state index contributed by atoms with van der Waals surface area (Å²) in [7, 11) is 0. The normalized spacial score (nSPS) is 42.3. The highest BCUT2D eigenvalue weighted by Gasteiger charge is 2.72. The molecule has 5 nitrogen and oxygen atoms in total. The van der Waals surface area contributed by atoms with Crippen molar-refractivity contribution in [3.63, 3.8) is 0 Å². The molecule has 2 aliphatic carbocycles. The van der Waals surface area contributed by atoms with Gasteiger partial charge in [0.15, 0.2) is 11.5 Å². The Morgan fingerprint density at radius 1 is 1.42 bits per heavy atom. The zero-order chi connectivity index (χ0) is 16.7. The molecular formula is C19H24N2O3. The van der Waals surface area contributed by atoms with Crippen LogP contribution in [-0.2, 0) is 11.8 Å². The summed E-state index contributed by atoms with van der Waals surface area (Å²) >= 11 is 0. The predicted octanol–water partition coefficient (Wildman–Crippen LogP) is 1.06. The van der Waals surface area contributed by atoms with Gasteiger partial charge in [-0.05, 0) is 43.9 Å². The van der Waals surface area contributed by atoms with Gasteiger partial charge in [-0.15, -0.1) is 6.58 Å². The average molecular weight is 328 g/mol. The molecule has 2 fully saturated rings. The fourth-order valence-electron chi connectivity index (χ4n) is 6.05. The van der Waals surface area contributed by atoms with Gasteiger partial charge in [0.25, 0.3) is 0 Å². The number of nitrogens with zero attached hydrogens (tertiary/aromatic N) is 1. The Bertz CT molecular complexity index is 736. The number of nitrogens with two attached hydrogens (primary N) is 1. The SMILES string of the molecule is C=CCN1CC[C@]23c4c5ccc(O)c4OC2C(N)CC[C@@]3(O)[C@H]1C5. The smallest absolute Gasteiger partial charge is 0.165 e. The summed E-state index contributed by atoms with van der Waals surface area (Å²) in [6.07, 6.45) is 4.66. The molecule has 4 aliphatic rings. The maximum Gasteiger partial charge on any atom is 0.165 e. The molecule has 5 rings (SSSR count). The molecule has 1 aromatic rings. The van der Waals surface area contributed by atoms with Gasteiger partial charge >= 0.3 is 0 Å². The molecule has 5 atom stereocenters. The standard InChI is InChI=1S/C19H24N2O3/c1-2-8-21-9-7-18-15-11-3-4-13(22)16(15)24-17(18)12(20)5-6-19(18,23)14(21)10-11/h2-4,12,14,17,22-23H,1,5-10,20H2/t12?,14-,17?,18+,19-/m1/s1. The molecule has 5 heteroatoms. The van der Waals surface area contributed by atoms with Crippen molar-refractivity contribution < 1.29 is 14.9 Å². The number of piperidine rings is 1. The number of phenols is 1. The minimum Gasteiger partial charge on any atom is -0.504 e. The molecule has 24 heavy (non-hydrogen) atoms. The zero-order valence-electron chi connectivity index (χ0n) is 13.7. The topological polar surface area (TPSA) is 79.0 Å². The van der Waals surface area contributed by atoms with Crippen molar-refractivity contribution in [2.75, 3.05) is 13.1 Å². The number of aromatic hydroxyl groups is 1. The van der Waals surface area contributed by atoms with Gasteiger partial charge in [-0.2, -0.15) is 0 Å². The van der Waals surface area contributed by atoms with Crippen molar-refractivity contribution in [1.82, 2.24) is 4.90 Å². The van der Waals surface area contributed by atoms with E-state index in [9.17, 15) is 10.2 Å². The van der Waals surface area contributed by atoms with Crippen LogP contribution in [0.15, 0.2) is 24.8 Å². The summed E-state index contributed by atoms with van der Waals surface area (Å²) in [5.41, 5.74) is 7.28. The molecule has 1 saturated carbocycles. The second kappa shape index (κ2) is 4.54. The molecule has 1 spiro atoms. The molecule has 4 N–H and O–H groups in total. The molecule has 0 radical (unpaired) electrons. The van der Waals surface area contributed by atoms with Crippen LogP contribution in [0.4, 0.5) is 0 Å². The molecule has 128 valence electrons. The monoisotopic (exact) mass is 328 g/mol. The molecule has 2 unspecified atom stereocenters. The van der Waals surface area contributed by atoms with Crippen molar-refractivity contribution in [2.45, 2.75) is 54.9 Å². The van der Waals surface area contributed by atoms with E-state index in [0.29, 0.717) is 12.2 Å². The van der Waals surface area contributed by atoms with Crippen LogP contribution in [0.2, 0.25) is 0 Å². The van der Waals surface area contributed by atoms with Crippen LogP contribution < -0.4 is 10.5 Å². The zero-order valence-corrected chi connectivity index (χ0v) is 13.7. The number of likely N-dealkylation sites (tertiary alicyclic amines) is 1. The largest absolute Gasteiger partial charge is 0.504 e. The third-order valence-corrected chi connectivity index (χ3v) is 6.98. The first-order valence-corrected chi connectivity index (χ1v) is 8.88. The van der Waals surface area contributed by atoms with Crippen molar-refractivity contribution in [2.24, 2.45) is 5.73 Å². The summed E-state index contributed by atoms with van der Waals surface area (Å²) in [5, 5.41) is 22.3. The summed E-state index contributed by atoms with van der Waals surface area (Å²) < 4.78 is 6.21. The van der Waals surface area contributed by atoms with Crippen molar-refractivity contribution >= 4 is 0 Å². The Kier molecular flexibility index (Phi) is 2.79. The Morgan fingerprint density at radius 2 is 2.25 bits per heavy atom. The highest BCUT2D eigenvalue weighted by Crippen LogP contribution is 2.65. The van der Waals surface area contributed by atoms with E-state index in [1.165, 1.54) is 5.56 Å². The van der Waals surface area contributed by atoms with Crippen LogP contribution >= 0.6 is 0 Å². The van der Waals surface area contributed by atoms with E-state index < -0.39 is 11.0 Å². The molecule has 2 aliphatic heterocycles. The number of hydrogen-bond donors (Lipinski definition) is 3. The summed E-state index contributed by atoms with van der Waals surface area (Å²) in [6.45, 7) is 5.55. The third-order valence-electron chi connectivity index (χ3n) is 6.98. The predicted molar refractivity (Wildman–Crippen MR) is 90.2 cm³/mol. The number of ether oxygens (including phenoxy) is 1. The molecule has 0 amide bonds. The van der Waals surface area contributed by atoms with Crippen LogP contribution in [0.1, 0.15) is 30.4 Å². The molecule has 1 aromatic carbocycles. The highest BCUT2D eigenvalue weighted by atomic mass is 16.5. The first-order chi connectivity index (χ1) is 11.5. The lowest BCUT2D eigenvalue weighted by molar-refractivity contribution is -0.186. The van der Waals surface area contributed by atoms with Gasteiger partial charge < -0.3 is 20.7 Å². The quantitative estimate of drug-likeness (QED) is 0.708. The summed E-state index contributed by atoms with van der Waals surface area (Å²) in [6, 6.07) is 3.64. The molecule has 2 bridgehead atoms. The van der Waals surface area contributed by atoms with Crippen LogP contribution in [-0.4, -0.2) is 52.0 Å². The van der Waals surface area contributed by atoms with E-state index in [2.05, 4.69) is 11.5 Å². The Labute approximate surface area is 141 Å². The summed E-state index contributed by atoms with van der Waals surface area (Å²) in [4.78, 5) is 2.35. The number of rotatable bonds is 2. The van der Waals surface area contributed by atoms with E-state index in [1.54, 1.807) is 6.07 Å². The van der Waals surface area contributed by atoms with Crippen molar-refractivity contribution in [1.29, 1.82) is 0 Å². The lowest BCUT2D eigenvalue weighted by atomic mass is 9.48. The maximum absolute atomic E-state index is 11.9. The fourth-order valence-corrected chi connectivity index (χ4v) is 6.05. The van der Waals surface area contributed by atoms with Gasteiger partial charge in [-0.25, -0.2) is 0 Å². The van der Waals surface area contributed by atoms with Crippen molar-refractivity contribution in [3.05, 3.63) is 35.9 Å². The first kappa shape index (κ1) is 14.8. The lowest BCUT2D eigenvalue weighted by Gasteiger charge is -2.63. The fraction of sp³-hybridized carbons (Fsp3) is 0.579. The molecular weight excluding hydrogens is 304 g/mol. The number of hydrogen-bond acceptors (Lipinski definition) is 5. The van der Waals surface area contributed by atoms with E-state index in [1.807, 2.05) is 12.1 Å². The van der Waals surface area contributed by atoms with Crippen LogP contribution in [0.3, 0.4) is 0 Å². The minimum atomic E-state index is -0.860. The van der Waals surface area contributed by atoms with Crippen LogP contribution in [0.5, 0.6) is 11.5 Å². The molecule has 0 aromatic heterocycles. The van der Waals surface area contributed by atoms with Crippen LogP contribution in [0.25, 0.3) is 0 Å². The van der Waals surface area contributed by atoms with E-state index in [-0.39, 0.29) is 23.9 Å². The second-order valence-corrected chi connectivity index (χ2v) is 7.84. The second-order valence-electron chi connectivity index (χ2n) is 7.84. The van der Waals surface area contributed by atoms with Gasteiger partial charge in [0.05, 0.1) is 11.0 Å². The Hall–Kier alpha value is -1.56. The van der Waals surface area contributed by atoms with Gasteiger partial charge in [-0.3, -0.25) is 4.90 Å². The van der Waals surface area contributed by atoms with Crippen molar-refractivity contribution in [3.8, 4) is 11.5 Å². The van der Waals surface area contributed by atoms with Gasteiger partial charge in [0.1, 0.15) is 6.10 Å². The molecule has 2 heterocycles. The number of phenolic OH excluding ortho intramolecular Hbond substituents is 1. The number of benzene rings is 1. The Balaban J connectivity index is 1.78. The minimum absolute atomic E-state index is 0.0471. The first-order valence-electron chi connectivity index (χ1n) is 8.88. The maximum atomic E-state index is 11.9. The van der Waals surface area contributed by atoms with E-state index >= 15 is 0 Å². The van der Waals surface area contributed by atoms with E-state index in [4.69, 9.17) is 10.5 Å². The van der Waals surface area contributed by atoms with Gasteiger partial charge in [-0.1, -0.05) is 12.1 Å². The highest BCUT2D eigenvalue weighted by molar-refractivity contribution is 5.62. The molecule has 1 saturated heterocycles. The van der Waals surface area contributed by atoms with Gasteiger partial charge in [0.2, 0.25) is 0 Å². The number of aliphatic hydroxyl groups is 1. The average Bonchev–Trinajstić information content (AvgIpc) is 2.91. The van der Waals surface area contributed by atoms with Crippen LogP contribution in [0, 0.1) is 0 Å². The Morgan fingerprint density at radius 3 is 3.04 bits per heavy atom. The van der Waals surface area contributed by atoms with E-state index in [0.717, 1.165) is 37.9 Å². The third kappa shape index (κ3) is 1.43. The summed E-state index contributed by atoms with van der Waals surface area (Å²) in [5.74, 6) is 0.725.